The second-order valence-corrected chi connectivity index (χ2v) is 8.05. The van der Waals surface area contributed by atoms with Crippen LogP contribution in [0.5, 0.6) is 0 Å². The summed E-state index contributed by atoms with van der Waals surface area (Å²) in [4.78, 5) is 12.8. The fraction of sp³-hybridized carbons (Fsp3) is 0.364. The van der Waals surface area contributed by atoms with Gasteiger partial charge in [0.1, 0.15) is 29.1 Å². The lowest BCUT2D eigenvalue weighted by Crippen LogP contribution is -2.22. The van der Waals surface area contributed by atoms with Gasteiger partial charge in [0, 0.05) is 29.8 Å². The van der Waals surface area contributed by atoms with Gasteiger partial charge in [-0.15, -0.1) is 10.2 Å². The summed E-state index contributed by atoms with van der Waals surface area (Å²) >= 11 is 0. The van der Waals surface area contributed by atoms with Crippen molar-refractivity contribution in [3.8, 4) is 17.3 Å². The van der Waals surface area contributed by atoms with Gasteiger partial charge in [0.2, 0.25) is 5.95 Å². The Balaban J connectivity index is 1.18. The summed E-state index contributed by atoms with van der Waals surface area (Å²) < 4.78 is 14.1. The zero-order chi connectivity index (χ0) is 21.2. The molecule has 3 aromatic rings. The molecule has 5 rings (SSSR count). The Bertz CT molecular complexity index is 1110. The molecule has 156 valence electrons. The molecule has 2 N–H and O–H groups in total. The first kappa shape index (κ1) is 19.3. The van der Waals surface area contributed by atoms with Crippen LogP contribution in [-0.4, -0.2) is 37.2 Å². The van der Waals surface area contributed by atoms with Gasteiger partial charge in [0.15, 0.2) is 0 Å². The second-order valence-electron chi connectivity index (χ2n) is 8.05. The SMILES string of the molecule is N#Cc1ccc(F)c(-c2ccc(N[C@H]3CC[C@H](Nc4ncc(C5CC5)nn4)C3)nc2)n1. The molecular weight excluding hydrogens is 395 g/mol. The molecule has 0 aromatic carbocycles. The van der Waals surface area contributed by atoms with Crippen LogP contribution in [0.2, 0.25) is 0 Å². The van der Waals surface area contributed by atoms with Crippen LogP contribution < -0.4 is 10.6 Å². The summed E-state index contributed by atoms with van der Waals surface area (Å²) in [6.45, 7) is 0. The van der Waals surface area contributed by atoms with Gasteiger partial charge in [-0.05, 0) is 56.4 Å². The minimum absolute atomic E-state index is 0.129. The predicted molar refractivity (Wildman–Crippen MR) is 113 cm³/mol. The number of aromatic nitrogens is 5. The number of rotatable bonds is 6. The topological polar surface area (TPSA) is 112 Å². The molecule has 0 radical (unpaired) electrons. The number of pyridine rings is 2. The summed E-state index contributed by atoms with van der Waals surface area (Å²) in [7, 11) is 0. The van der Waals surface area contributed by atoms with E-state index in [0.717, 1.165) is 30.8 Å². The maximum absolute atomic E-state index is 14.1. The molecule has 0 aliphatic heterocycles. The molecule has 2 atom stereocenters. The molecule has 3 heterocycles. The summed E-state index contributed by atoms with van der Waals surface area (Å²) in [6.07, 6.45) is 8.68. The molecule has 3 aromatic heterocycles. The van der Waals surface area contributed by atoms with Crippen LogP contribution in [-0.2, 0) is 0 Å². The smallest absolute Gasteiger partial charge is 0.242 e. The molecule has 0 saturated heterocycles. The first-order chi connectivity index (χ1) is 15.2. The molecule has 2 aliphatic rings. The zero-order valence-corrected chi connectivity index (χ0v) is 16.8. The van der Waals surface area contributed by atoms with Gasteiger partial charge in [0.25, 0.3) is 0 Å². The number of nitriles is 1. The second kappa shape index (κ2) is 8.22. The van der Waals surface area contributed by atoms with E-state index in [0.29, 0.717) is 17.4 Å². The third-order valence-electron chi connectivity index (χ3n) is 5.69. The number of hydrogen-bond donors (Lipinski definition) is 2. The molecule has 0 amide bonds. The highest BCUT2D eigenvalue weighted by atomic mass is 19.1. The molecule has 0 spiro atoms. The van der Waals surface area contributed by atoms with Crippen LogP contribution in [0.4, 0.5) is 16.2 Å². The third-order valence-corrected chi connectivity index (χ3v) is 5.69. The van der Waals surface area contributed by atoms with Gasteiger partial charge in [-0.25, -0.2) is 19.3 Å². The lowest BCUT2D eigenvalue weighted by atomic mass is 10.1. The number of hydrogen-bond acceptors (Lipinski definition) is 8. The average molecular weight is 416 g/mol. The van der Waals surface area contributed by atoms with E-state index >= 15 is 0 Å². The van der Waals surface area contributed by atoms with E-state index in [4.69, 9.17) is 5.26 Å². The van der Waals surface area contributed by atoms with Crippen LogP contribution >= 0.6 is 0 Å². The molecule has 31 heavy (non-hydrogen) atoms. The minimum Gasteiger partial charge on any atom is -0.367 e. The van der Waals surface area contributed by atoms with Crippen LogP contribution in [0.25, 0.3) is 11.3 Å². The first-order valence-corrected chi connectivity index (χ1v) is 10.4. The van der Waals surface area contributed by atoms with E-state index in [2.05, 4.69) is 35.8 Å². The van der Waals surface area contributed by atoms with E-state index in [1.165, 1.54) is 25.0 Å². The van der Waals surface area contributed by atoms with Crippen LogP contribution in [0.3, 0.4) is 0 Å². The predicted octanol–water partition coefficient (Wildman–Crippen LogP) is 3.66. The number of anilines is 2. The summed E-state index contributed by atoms with van der Waals surface area (Å²) in [5.74, 6) is 1.37. The summed E-state index contributed by atoms with van der Waals surface area (Å²) in [5, 5.41) is 24.3. The highest BCUT2D eigenvalue weighted by Gasteiger charge is 2.27. The van der Waals surface area contributed by atoms with Crippen molar-refractivity contribution in [2.75, 3.05) is 10.6 Å². The van der Waals surface area contributed by atoms with Crippen molar-refractivity contribution in [1.82, 2.24) is 25.1 Å². The maximum Gasteiger partial charge on any atom is 0.242 e. The zero-order valence-electron chi connectivity index (χ0n) is 16.8. The third kappa shape index (κ3) is 4.43. The Kier molecular flexibility index (Phi) is 5.12. The Morgan fingerprint density at radius 2 is 1.77 bits per heavy atom. The quantitative estimate of drug-likeness (QED) is 0.626. The van der Waals surface area contributed by atoms with Gasteiger partial charge in [-0.2, -0.15) is 5.26 Å². The van der Waals surface area contributed by atoms with E-state index < -0.39 is 5.82 Å². The lowest BCUT2D eigenvalue weighted by Gasteiger charge is -2.15. The molecular formula is C22H21FN8. The largest absolute Gasteiger partial charge is 0.367 e. The highest BCUT2D eigenvalue weighted by molar-refractivity contribution is 5.61. The molecule has 2 aliphatic carbocycles. The van der Waals surface area contributed by atoms with Crippen molar-refractivity contribution >= 4 is 11.8 Å². The number of nitrogens with zero attached hydrogens (tertiary/aromatic N) is 6. The Morgan fingerprint density at radius 3 is 2.45 bits per heavy atom. The van der Waals surface area contributed by atoms with Crippen molar-refractivity contribution in [3.05, 3.63) is 53.9 Å². The Hall–Kier alpha value is -3.67. The standard InChI is InChI=1S/C22H21FN8/c23-18-7-6-17(10-24)28-21(18)14-3-8-20(25-11-14)27-15-4-5-16(9-15)29-22-26-12-19(30-31-22)13-1-2-13/h3,6-8,11-13,15-16H,1-2,4-5,9H2,(H,25,27)(H,26,29,31)/t15-,16-/m0/s1. The summed E-state index contributed by atoms with van der Waals surface area (Å²) in [5.41, 5.74) is 1.82. The maximum atomic E-state index is 14.1. The highest BCUT2D eigenvalue weighted by Crippen LogP contribution is 2.38. The van der Waals surface area contributed by atoms with Gasteiger partial charge in [-0.3, -0.25) is 0 Å². The van der Waals surface area contributed by atoms with E-state index in [1.807, 2.05) is 12.3 Å². The van der Waals surface area contributed by atoms with E-state index in [9.17, 15) is 4.39 Å². The van der Waals surface area contributed by atoms with E-state index in [-0.39, 0.29) is 23.5 Å². The fourth-order valence-electron chi connectivity index (χ4n) is 3.88. The van der Waals surface area contributed by atoms with Crippen molar-refractivity contribution < 1.29 is 4.39 Å². The van der Waals surface area contributed by atoms with E-state index in [1.54, 1.807) is 18.3 Å². The monoisotopic (exact) mass is 416 g/mol. The van der Waals surface area contributed by atoms with Crippen molar-refractivity contribution in [2.24, 2.45) is 0 Å². The van der Waals surface area contributed by atoms with Gasteiger partial charge < -0.3 is 10.6 Å². The average Bonchev–Trinajstić information content (AvgIpc) is 3.56. The van der Waals surface area contributed by atoms with Gasteiger partial charge in [0.05, 0.1) is 11.9 Å². The molecule has 8 nitrogen and oxygen atoms in total. The van der Waals surface area contributed by atoms with Crippen molar-refractivity contribution in [1.29, 1.82) is 5.26 Å². The molecule has 0 unspecified atom stereocenters. The van der Waals surface area contributed by atoms with Gasteiger partial charge in [-0.1, -0.05) is 0 Å². The fourth-order valence-corrected chi connectivity index (χ4v) is 3.88. The Labute approximate surface area is 179 Å². The number of nitrogens with one attached hydrogen (secondary N) is 2. The Morgan fingerprint density at radius 1 is 0.935 bits per heavy atom. The minimum atomic E-state index is -0.479. The van der Waals surface area contributed by atoms with Gasteiger partial charge >= 0.3 is 0 Å². The molecule has 0 bridgehead atoms. The van der Waals surface area contributed by atoms with Crippen LogP contribution in [0.1, 0.15) is 49.4 Å². The molecule has 2 saturated carbocycles. The lowest BCUT2D eigenvalue weighted by molar-refractivity contribution is 0.625. The van der Waals surface area contributed by atoms with Crippen LogP contribution in [0.15, 0.2) is 36.7 Å². The molecule has 9 heteroatoms. The van der Waals surface area contributed by atoms with Crippen LogP contribution in [0, 0.1) is 17.1 Å². The summed E-state index contributed by atoms with van der Waals surface area (Å²) in [6, 6.07) is 8.64. The van der Waals surface area contributed by atoms with Crippen molar-refractivity contribution in [3.63, 3.8) is 0 Å². The normalized spacial score (nSPS) is 20.3. The first-order valence-electron chi connectivity index (χ1n) is 10.4. The number of halogens is 1. The molecule has 2 fully saturated rings. The van der Waals surface area contributed by atoms with Crippen molar-refractivity contribution in [2.45, 2.75) is 50.1 Å².